The molecule has 90 valence electrons. The van der Waals surface area contributed by atoms with Crippen molar-refractivity contribution in [3.05, 3.63) is 0 Å². The molecule has 2 saturated heterocycles. The Labute approximate surface area is 94.9 Å². The summed E-state index contributed by atoms with van der Waals surface area (Å²) >= 11 is 0. The van der Waals surface area contributed by atoms with Crippen molar-refractivity contribution in [3.63, 3.8) is 0 Å². The molecule has 16 heavy (non-hydrogen) atoms. The largest absolute Gasteiger partial charge is 0.481 e. The lowest BCUT2D eigenvalue weighted by Gasteiger charge is -2.49. The van der Waals surface area contributed by atoms with Gasteiger partial charge < -0.3 is 14.6 Å². The molecule has 1 aliphatic carbocycles. The maximum atomic E-state index is 11.0. The number of rotatable bonds is 3. The van der Waals surface area contributed by atoms with Crippen molar-refractivity contribution >= 4 is 5.97 Å². The second kappa shape index (κ2) is 3.70. The topological polar surface area (TPSA) is 55.8 Å². The molecule has 0 spiro atoms. The second-order valence-electron chi connectivity index (χ2n) is 5.40. The fourth-order valence-corrected chi connectivity index (χ4v) is 3.47. The van der Waals surface area contributed by atoms with Gasteiger partial charge in [0.1, 0.15) is 0 Å². The van der Waals surface area contributed by atoms with Crippen LogP contribution in [0.15, 0.2) is 0 Å². The van der Waals surface area contributed by atoms with E-state index in [1.807, 2.05) is 0 Å². The highest BCUT2D eigenvalue weighted by atomic mass is 16.5. The predicted molar refractivity (Wildman–Crippen MR) is 56.0 cm³/mol. The molecule has 1 saturated carbocycles. The molecule has 2 unspecified atom stereocenters. The number of carbonyl (C=O) groups is 1. The van der Waals surface area contributed by atoms with Crippen molar-refractivity contribution in [1.29, 1.82) is 0 Å². The van der Waals surface area contributed by atoms with E-state index in [0.29, 0.717) is 11.8 Å². The van der Waals surface area contributed by atoms with Gasteiger partial charge >= 0.3 is 5.97 Å². The van der Waals surface area contributed by atoms with Gasteiger partial charge in [-0.1, -0.05) is 0 Å². The van der Waals surface area contributed by atoms with Crippen LogP contribution in [0.1, 0.15) is 19.3 Å². The summed E-state index contributed by atoms with van der Waals surface area (Å²) in [5.41, 5.74) is 0.173. The van der Waals surface area contributed by atoms with E-state index < -0.39 is 5.97 Å². The highest BCUT2D eigenvalue weighted by Crippen LogP contribution is 2.59. The summed E-state index contributed by atoms with van der Waals surface area (Å²) in [5.74, 6) is 0.251. The van der Waals surface area contributed by atoms with Gasteiger partial charge in [-0.05, 0) is 31.1 Å². The fraction of sp³-hybridized carbons (Fsp3) is 0.917. The van der Waals surface area contributed by atoms with Crippen LogP contribution in [0, 0.1) is 23.2 Å². The average Bonchev–Trinajstić information content (AvgIpc) is 2.98. The van der Waals surface area contributed by atoms with Crippen molar-refractivity contribution in [3.8, 4) is 0 Å². The third-order valence-electron chi connectivity index (χ3n) is 4.62. The van der Waals surface area contributed by atoms with Crippen LogP contribution < -0.4 is 0 Å². The summed E-state index contributed by atoms with van der Waals surface area (Å²) in [6.07, 6.45) is 3.01. The fourth-order valence-electron chi connectivity index (χ4n) is 3.47. The van der Waals surface area contributed by atoms with Crippen LogP contribution in [0.5, 0.6) is 0 Å². The summed E-state index contributed by atoms with van der Waals surface area (Å²) in [7, 11) is 0. The number of hydrogen-bond donors (Lipinski definition) is 1. The van der Waals surface area contributed by atoms with Crippen LogP contribution >= 0.6 is 0 Å². The molecule has 0 radical (unpaired) electrons. The van der Waals surface area contributed by atoms with Gasteiger partial charge in [-0.3, -0.25) is 4.79 Å². The summed E-state index contributed by atoms with van der Waals surface area (Å²) in [6.45, 7) is 3.20. The lowest BCUT2D eigenvalue weighted by atomic mass is 9.66. The molecular weight excluding hydrogens is 208 g/mol. The van der Waals surface area contributed by atoms with Crippen LogP contribution in [0.4, 0.5) is 0 Å². The van der Waals surface area contributed by atoms with Gasteiger partial charge in [0.05, 0.1) is 19.1 Å². The Morgan fingerprint density at radius 1 is 1.19 bits per heavy atom. The molecule has 0 bridgehead atoms. The highest BCUT2D eigenvalue weighted by Gasteiger charge is 2.62. The maximum Gasteiger partial charge on any atom is 0.306 e. The molecule has 1 N–H and O–H groups in total. The Bertz CT molecular complexity index is 291. The van der Waals surface area contributed by atoms with Crippen molar-refractivity contribution in [2.75, 3.05) is 26.4 Å². The SMILES string of the molecule is O=C(O)C1CC1C1(C2CCOCC2)COC1. The Hall–Kier alpha value is -0.610. The maximum absolute atomic E-state index is 11.0. The second-order valence-corrected chi connectivity index (χ2v) is 5.40. The van der Waals surface area contributed by atoms with E-state index in [4.69, 9.17) is 14.6 Å². The van der Waals surface area contributed by atoms with Crippen molar-refractivity contribution < 1.29 is 19.4 Å². The molecular formula is C12H18O4. The molecule has 3 fully saturated rings. The summed E-state index contributed by atoms with van der Waals surface area (Å²) in [4.78, 5) is 11.0. The zero-order valence-electron chi connectivity index (χ0n) is 9.35. The highest BCUT2D eigenvalue weighted by molar-refractivity contribution is 5.73. The Morgan fingerprint density at radius 2 is 1.88 bits per heavy atom. The number of carboxylic acids is 1. The van der Waals surface area contributed by atoms with Gasteiger partial charge in [0.25, 0.3) is 0 Å². The molecule has 0 amide bonds. The third kappa shape index (κ3) is 1.47. The summed E-state index contributed by atoms with van der Waals surface area (Å²) < 4.78 is 10.8. The third-order valence-corrected chi connectivity index (χ3v) is 4.62. The summed E-state index contributed by atoms with van der Waals surface area (Å²) in [6, 6.07) is 0. The molecule has 4 nitrogen and oxygen atoms in total. The van der Waals surface area contributed by atoms with Crippen molar-refractivity contribution in [2.24, 2.45) is 23.2 Å². The van der Waals surface area contributed by atoms with Gasteiger partial charge in [0, 0.05) is 18.6 Å². The molecule has 3 aliphatic rings. The molecule has 2 heterocycles. The Kier molecular flexibility index (Phi) is 2.44. The van der Waals surface area contributed by atoms with Crippen LogP contribution in [0.3, 0.4) is 0 Å². The van der Waals surface area contributed by atoms with E-state index in [1.165, 1.54) is 0 Å². The zero-order valence-corrected chi connectivity index (χ0v) is 9.35. The van der Waals surface area contributed by atoms with Gasteiger partial charge in [0.15, 0.2) is 0 Å². The predicted octanol–water partition coefficient (Wildman–Crippen LogP) is 1.15. The molecule has 2 aliphatic heterocycles. The Morgan fingerprint density at radius 3 is 2.31 bits per heavy atom. The zero-order chi connectivity index (χ0) is 11.2. The standard InChI is InChI=1S/C12H18O4/c13-11(14)9-5-10(9)12(6-16-7-12)8-1-3-15-4-2-8/h8-10H,1-7H2,(H,13,14). The van der Waals surface area contributed by atoms with Crippen LogP contribution in [-0.2, 0) is 14.3 Å². The van der Waals surface area contributed by atoms with Gasteiger partial charge in [-0.25, -0.2) is 0 Å². The minimum Gasteiger partial charge on any atom is -0.481 e. The normalized spacial score (nSPS) is 37.8. The van der Waals surface area contributed by atoms with Crippen LogP contribution in [0.2, 0.25) is 0 Å². The number of ether oxygens (including phenoxy) is 2. The molecule has 0 aromatic heterocycles. The Balaban J connectivity index is 1.71. The number of hydrogen-bond acceptors (Lipinski definition) is 3. The molecule has 0 aromatic rings. The molecule has 3 rings (SSSR count). The van der Waals surface area contributed by atoms with E-state index in [0.717, 1.165) is 45.7 Å². The first-order chi connectivity index (χ1) is 7.74. The van der Waals surface area contributed by atoms with E-state index in [-0.39, 0.29) is 11.3 Å². The van der Waals surface area contributed by atoms with E-state index in [1.54, 1.807) is 0 Å². The first-order valence-corrected chi connectivity index (χ1v) is 6.12. The van der Waals surface area contributed by atoms with Gasteiger partial charge in [-0.15, -0.1) is 0 Å². The number of aliphatic carboxylic acids is 1. The van der Waals surface area contributed by atoms with Crippen LogP contribution in [-0.4, -0.2) is 37.5 Å². The smallest absolute Gasteiger partial charge is 0.306 e. The van der Waals surface area contributed by atoms with E-state index >= 15 is 0 Å². The minimum atomic E-state index is -0.622. The first kappa shape index (κ1) is 10.5. The molecule has 2 atom stereocenters. The number of carboxylic acid groups (broad SMARTS) is 1. The molecule has 4 heteroatoms. The minimum absolute atomic E-state index is 0.105. The first-order valence-electron chi connectivity index (χ1n) is 6.12. The lowest BCUT2D eigenvalue weighted by molar-refractivity contribution is -0.179. The van der Waals surface area contributed by atoms with E-state index in [9.17, 15) is 4.79 Å². The lowest BCUT2D eigenvalue weighted by Crippen LogP contribution is -2.52. The van der Waals surface area contributed by atoms with Crippen LogP contribution in [0.25, 0.3) is 0 Å². The quantitative estimate of drug-likeness (QED) is 0.784. The van der Waals surface area contributed by atoms with Crippen molar-refractivity contribution in [1.82, 2.24) is 0 Å². The van der Waals surface area contributed by atoms with E-state index in [2.05, 4.69) is 0 Å². The monoisotopic (exact) mass is 226 g/mol. The van der Waals surface area contributed by atoms with Crippen molar-refractivity contribution in [2.45, 2.75) is 19.3 Å². The average molecular weight is 226 g/mol. The van der Waals surface area contributed by atoms with Gasteiger partial charge in [0.2, 0.25) is 0 Å². The summed E-state index contributed by atoms with van der Waals surface area (Å²) in [5, 5.41) is 9.04. The molecule has 0 aromatic carbocycles. The van der Waals surface area contributed by atoms with Gasteiger partial charge in [-0.2, -0.15) is 0 Å².